The molecule has 0 unspecified atom stereocenters. The minimum Gasteiger partial charge on any atom is -0.0622 e. The van der Waals surface area contributed by atoms with Crippen LogP contribution in [0.1, 0.15) is 19.4 Å². The van der Waals surface area contributed by atoms with Gasteiger partial charge >= 0.3 is 0 Å². The molecule has 0 fully saturated rings. The van der Waals surface area contributed by atoms with Crippen molar-refractivity contribution in [3.8, 4) is 0 Å². The molecule has 0 saturated heterocycles. The third kappa shape index (κ3) is 2.96. The Kier molecular flexibility index (Phi) is 4.94. The van der Waals surface area contributed by atoms with E-state index in [0.717, 1.165) is 12.6 Å². The molecule has 0 aliphatic rings. The lowest BCUT2D eigenvalue weighted by Crippen LogP contribution is -2.32. The molecule has 0 aliphatic carbocycles. The van der Waals surface area contributed by atoms with Crippen molar-refractivity contribution in [1.29, 1.82) is 0 Å². The molecule has 0 saturated carbocycles. The summed E-state index contributed by atoms with van der Waals surface area (Å²) in [6.07, 6.45) is 2.23. The normalized spacial score (nSPS) is 11.4. The summed E-state index contributed by atoms with van der Waals surface area (Å²) in [7, 11) is -1.57. The van der Waals surface area contributed by atoms with Gasteiger partial charge in [0.05, 0.1) is 0 Å². The molecule has 0 aliphatic heterocycles. The van der Waals surface area contributed by atoms with Gasteiger partial charge in [0, 0.05) is 0 Å². The van der Waals surface area contributed by atoms with Gasteiger partial charge in [-0.2, -0.15) is 0 Å². The number of benzene rings is 3. The Hall–Kier alpha value is -1.91. The molecule has 117 valence electrons. The Morgan fingerprint density at radius 2 is 1.13 bits per heavy atom. The van der Waals surface area contributed by atoms with Crippen LogP contribution < -0.4 is 15.9 Å². The van der Waals surface area contributed by atoms with Crippen LogP contribution in [0.2, 0.25) is 0 Å². The van der Waals surface area contributed by atoms with Gasteiger partial charge in [-0.3, -0.25) is 0 Å². The molecule has 1 radical (unpaired) electrons. The topological polar surface area (TPSA) is 0 Å². The van der Waals surface area contributed by atoms with Crippen molar-refractivity contribution in [2.75, 3.05) is 6.16 Å². The molecule has 0 aromatic heterocycles. The molecule has 0 heterocycles. The molecule has 3 aromatic carbocycles. The van der Waals surface area contributed by atoms with E-state index in [2.05, 4.69) is 98.8 Å². The molecule has 0 amide bonds. The first-order chi connectivity index (χ1) is 11.3. The van der Waals surface area contributed by atoms with Crippen molar-refractivity contribution >= 4 is 23.2 Å². The monoisotopic (exact) mass is 319 g/mol. The Bertz CT molecular complexity index is 708. The Morgan fingerprint density at radius 3 is 1.61 bits per heavy atom. The first-order valence-electron chi connectivity index (χ1n) is 8.40. The van der Waals surface area contributed by atoms with E-state index in [4.69, 9.17) is 0 Å². The zero-order valence-electron chi connectivity index (χ0n) is 13.9. The quantitative estimate of drug-likeness (QED) is 0.605. The van der Waals surface area contributed by atoms with Crippen LogP contribution in [0.15, 0.2) is 84.9 Å². The second-order valence-electron chi connectivity index (χ2n) is 5.82. The van der Waals surface area contributed by atoms with Crippen molar-refractivity contribution in [2.45, 2.75) is 20.3 Å². The van der Waals surface area contributed by atoms with E-state index in [-0.39, 0.29) is 0 Å². The van der Waals surface area contributed by atoms with Gasteiger partial charge in [0.1, 0.15) is 0 Å². The molecular formula is C22H24P. The summed E-state index contributed by atoms with van der Waals surface area (Å²) in [5.74, 6) is 0. The predicted molar refractivity (Wildman–Crippen MR) is 105 cm³/mol. The second kappa shape index (κ2) is 7.11. The highest BCUT2D eigenvalue weighted by Gasteiger charge is 2.31. The molecule has 1 heteroatoms. The average Bonchev–Trinajstić information content (AvgIpc) is 2.65. The molecule has 3 aromatic rings. The van der Waals surface area contributed by atoms with Crippen molar-refractivity contribution in [3.63, 3.8) is 0 Å². The Morgan fingerprint density at radius 1 is 0.609 bits per heavy atom. The standard InChI is InChI=1S/C22H24P/c1-3-19-12-11-17-22(18-19)23(4-2,20-13-7-5-8-14-20)21-15-9-6-10-16-21/h5-18H,3-4H2,1-2H3. The molecule has 0 nitrogen and oxygen atoms in total. The zero-order chi connectivity index (χ0) is 16.1. The summed E-state index contributed by atoms with van der Waals surface area (Å²) in [4.78, 5) is 0. The SMILES string of the molecule is CCc1cccc([P](CC)(c2ccccc2)c2ccccc2)c1. The smallest absolute Gasteiger partial charge is 0.0194 e. The lowest BCUT2D eigenvalue weighted by Gasteiger charge is -2.37. The molecule has 0 spiro atoms. The highest BCUT2D eigenvalue weighted by molar-refractivity contribution is 7.95. The molecule has 3 rings (SSSR count). The molecule has 0 bridgehead atoms. The van der Waals surface area contributed by atoms with E-state index in [1.807, 2.05) is 0 Å². The van der Waals surface area contributed by atoms with Crippen LogP contribution in [-0.2, 0) is 6.42 Å². The number of rotatable bonds is 5. The lowest BCUT2D eigenvalue weighted by molar-refractivity contribution is 1.14. The van der Waals surface area contributed by atoms with Crippen molar-refractivity contribution < 1.29 is 0 Å². The third-order valence-corrected chi connectivity index (χ3v) is 9.10. The zero-order valence-corrected chi connectivity index (χ0v) is 14.8. The first-order valence-corrected chi connectivity index (χ1v) is 10.4. The number of aryl methyl sites for hydroxylation is 1. The van der Waals surface area contributed by atoms with Gasteiger partial charge in [-0.25, -0.2) is 0 Å². The van der Waals surface area contributed by atoms with Crippen molar-refractivity contribution in [2.24, 2.45) is 0 Å². The molecule has 0 N–H and O–H groups in total. The van der Waals surface area contributed by atoms with E-state index < -0.39 is 7.26 Å². The van der Waals surface area contributed by atoms with Gasteiger partial charge in [-0.05, 0) is 41.3 Å². The molecule has 0 atom stereocenters. The van der Waals surface area contributed by atoms with E-state index >= 15 is 0 Å². The van der Waals surface area contributed by atoms with Crippen LogP contribution in [0, 0.1) is 0 Å². The predicted octanol–water partition coefficient (Wildman–Crippen LogP) is 4.56. The highest BCUT2D eigenvalue weighted by atomic mass is 31.2. The molecular weight excluding hydrogens is 295 g/mol. The fourth-order valence-electron chi connectivity index (χ4n) is 3.37. The van der Waals surface area contributed by atoms with Gasteiger partial charge in [-0.1, -0.05) is 98.8 Å². The first kappa shape index (κ1) is 16.0. The second-order valence-corrected chi connectivity index (χ2v) is 9.62. The lowest BCUT2D eigenvalue weighted by atomic mass is 10.2. The number of hydrogen-bond acceptors (Lipinski definition) is 0. The summed E-state index contributed by atoms with van der Waals surface area (Å²) in [6, 6.07) is 31.4. The van der Waals surface area contributed by atoms with Gasteiger partial charge in [0.2, 0.25) is 0 Å². The van der Waals surface area contributed by atoms with Gasteiger partial charge in [0.25, 0.3) is 0 Å². The summed E-state index contributed by atoms with van der Waals surface area (Å²) < 4.78 is 0. The average molecular weight is 319 g/mol. The maximum absolute atomic E-state index is 2.43. The van der Waals surface area contributed by atoms with Crippen molar-refractivity contribution in [3.05, 3.63) is 90.5 Å². The van der Waals surface area contributed by atoms with E-state index in [9.17, 15) is 0 Å². The Labute approximate surface area is 140 Å². The molecule has 23 heavy (non-hydrogen) atoms. The number of hydrogen-bond donors (Lipinski definition) is 0. The summed E-state index contributed by atoms with van der Waals surface area (Å²) in [6.45, 7) is 4.57. The van der Waals surface area contributed by atoms with Gasteiger partial charge in [-0.15, -0.1) is 0 Å². The minimum atomic E-state index is -1.57. The van der Waals surface area contributed by atoms with Crippen LogP contribution in [0.5, 0.6) is 0 Å². The van der Waals surface area contributed by atoms with Gasteiger partial charge < -0.3 is 0 Å². The summed E-state index contributed by atoms with van der Waals surface area (Å²) in [5.41, 5.74) is 1.42. The van der Waals surface area contributed by atoms with Crippen LogP contribution >= 0.6 is 7.26 Å². The van der Waals surface area contributed by atoms with Gasteiger partial charge in [0.15, 0.2) is 0 Å². The highest BCUT2D eigenvalue weighted by Crippen LogP contribution is 2.54. The maximum atomic E-state index is 2.43. The summed E-state index contributed by atoms with van der Waals surface area (Å²) in [5, 5.41) is 4.45. The van der Waals surface area contributed by atoms with E-state index in [1.54, 1.807) is 0 Å². The van der Waals surface area contributed by atoms with E-state index in [0.29, 0.717) is 0 Å². The fourth-order valence-corrected chi connectivity index (χ4v) is 7.45. The summed E-state index contributed by atoms with van der Waals surface area (Å²) >= 11 is 0. The van der Waals surface area contributed by atoms with Crippen molar-refractivity contribution in [1.82, 2.24) is 0 Å². The van der Waals surface area contributed by atoms with Crippen LogP contribution in [0.25, 0.3) is 0 Å². The fraction of sp³-hybridized carbons (Fsp3) is 0.182. The minimum absolute atomic E-state index is 1.08. The third-order valence-electron chi connectivity index (χ3n) is 4.63. The van der Waals surface area contributed by atoms with Crippen LogP contribution in [0.3, 0.4) is 0 Å². The Balaban J connectivity index is 2.29. The maximum Gasteiger partial charge on any atom is -0.0194 e. The van der Waals surface area contributed by atoms with Crippen LogP contribution in [0.4, 0.5) is 0 Å². The van der Waals surface area contributed by atoms with Crippen LogP contribution in [-0.4, -0.2) is 6.16 Å². The van der Waals surface area contributed by atoms with E-state index in [1.165, 1.54) is 21.5 Å². The largest absolute Gasteiger partial charge is 0.0622 e.